The van der Waals surface area contributed by atoms with Crippen LogP contribution < -0.4 is 14.8 Å². The van der Waals surface area contributed by atoms with Gasteiger partial charge in [-0.3, -0.25) is 4.79 Å². The Morgan fingerprint density at radius 3 is 2.48 bits per heavy atom. The van der Waals surface area contributed by atoms with E-state index in [2.05, 4.69) is 20.4 Å². The second kappa shape index (κ2) is 13.2. The average Bonchev–Trinajstić information content (AvgIpc) is 4.06. The lowest BCUT2D eigenvalue weighted by Crippen LogP contribution is -2.45. The monoisotopic (exact) mass is 759 g/mol. The van der Waals surface area contributed by atoms with E-state index >= 15 is 0 Å². The number of likely N-dealkylation sites (tertiary alicyclic amines) is 1. The molecule has 4 fully saturated rings. The third kappa shape index (κ3) is 7.33. The van der Waals surface area contributed by atoms with Gasteiger partial charge >= 0.3 is 6.09 Å². The number of anilines is 1. The fourth-order valence-corrected chi connectivity index (χ4v) is 9.29. The molecule has 13 nitrogen and oxygen atoms in total. The van der Waals surface area contributed by atoms with Crippen LogP contribution >= 0.6 is 11.6 Å². The lowest BCUT2D eigenvalue weighted by molar-refractivity contribution is 0.0130. The maximum Gasteiger partial charge on any atom is 0.410 e. The minimum absolute atomic E-state index is 0.125. The first-order chi connectivity index (χ1) is 27.0. The number of amides is 2. The van der Waals surface area contributed by atoms with Crippen LogP contribution in [0.4, 0.5) is 10.6 Å². The molecule has 3 saturated carbocycles. The first-order valence-corrected chi connectivity index (χ1v) is 19.5. The van der Waals surface area contributed by atoms with Crippen LogP contribution in [0.25, 0.3) is 5.82 Å². The van der Waals surface area contributed by atoms with Gasteiger partial charge in [-0.15, -0.1) is 5.10 Å². The number of halogens is 1. The summed E-state index contributed by atoms with van der Waals surface area (Å²) in [6, 6.07) is 8.73. The van der Waals surface area contributed by atoms with Crippen molar-refractivity contribution in [3.8, 4) is 11.7 Å². The van der Waals surface area contributed by atoms with Crippen LogP contribution in [0.3, 0.4) is 0 Å². The maximum atomic E-state index is 13.2. The van der Waals surface area contributed by atoms with Crippen molar-refractivity contribution >= 4 is 39.4 Å². The Labute approximate surface area is 318 Å². The van der Waals surface area contributed by atoms with Gasteiger partial charge in [-0.1, -0.05) is 17.7 Å². The van der Waals surface area contributed by atoms with Crippen LogP contribution in [0.1, 0.15) is 104 Å². The summed E-state index contributed by atoms with van der Waals surface area (Å²) in [4.78, 5) is 35.5. The van der Waals surface area contributed by atoms with Crippen LogP contribution in [-0.2, 0) is 14.8 Å². The normalized spacial score (nSPS) is 23.1. The fourth-order valence-electron chi connectivity index (χ4n) is 8.12. The molecule has 2 spiro atoms. The average molecular weight is 760 g/mol. The second-order valence-corrected chi connectivity index (χ2v) is 17.5. The Balaban J connectivity index is 0.915. The van der Waals surface area contributed by atoms with Gasteiger partial charge in [-0.05, 0) is 133 Å². The summed E-state index contributed by atoms with van der Waals surface area (Å²) in [5.74, 6) is 0.202. The van der Waals surface area contributed by atoms with E-state index in [1.54, 1.807) is 33.0 Å². The van der Waals surface area contributed by atoms with E-state index in [9.17, 15) is 18.0 Å². The van der Waals surface area contributed by atoms with Gasteiger partial charge in [0.05, 0.1) is 12.2 Å². The van der Waals surface area contributed by atoms with Gasteiger partial charge in [0.1, 0.15) is 16.6 Å². The minimum Gasteiger partial charge on any atom is -0.477 e. The van der Waals surface area contributed by atoms with Crippen molar-refractivity contribution in [1.29, 1.82) is 0 Å². The molecule has 0 aromatic carbocycles. The standard InChI is InChI=1S/C37H48ClN7O6S/c1-34(2,3)51-33(47)44-23-24(22-35(44,4)5)8-7-19-39-27-9-6-10-30(40-27)52(48,49)43-32(46)25-11-12-28(41-31(25)38)45-20-13-29(42-45)50-21-14-26-36(15-16-36)37(26)17-18-37/h6,9-13,20,24,26H,7-8,14-19,21-23H2,1-5H3,(H,39,40)(H,43,46)/t24-/m0/s1/i4D3,5D3. The van der Waals surface area contributed by atoms with Crippen molar-refractivity contribution in [2.45, 2.75) is 102 Å². The van der Waals surface area contributed by atoms with Crippen molar-refractivity contribution in [3.63, 3.8) is 0 Å². The third-order valence-electron chi connectivity index (χ3n) is 10.8. The first-order valence-electron chi connectivity index (χ1n) is 20.7. The van der Waals surface area contributed by atoms with Crippen molar-refractivity contribution in [2.75, 3.05) is 25.0 Å². The molecule has 0 radical (unpaired) electrons. The van der Waals surface area contributed by atoms with E-state index in [0.29, 0.717) is 42.0 Å². The molecule has 3 aliphatic carbocycles. The number of rotatable bonds is 13. The van der Waals surface area contributed by atoms with Crippen LogP contribution in [0.15, 0.2) is 47.6 Å². The van der Waals surface area contributed by atoms with Gasteiger partial charge in [-0.25, -0.2) is 24.2 Å². The molecular weight excluding hydrogens is 706 g/mol. The van der Waals surface area contributed by atoms with Crippen molar-refractivity contribution in [3.05, 3.63) is 53.3 Å². The zero-order valence-corrected chi connectivity index (χ0v) is 31.0. The number of ether oxygens (including phenoxy) is 2. The Bertz CT molecular complexity index is 2150. The molecule has 4 aliphatic rings. The number of aromatic nitrogens is 4. The molecule has 3 aromatic heterocycles. The van der Waals surface area contributed by atoms with Gasteiger partial charge < -0.3 is 19.7 Å². The number of carbonyl (C=O) groups is 2. The largest absolute Gasteiger partial charge is 0.477 e. The Kier molecular flexibility index (Phi) is 7.49. The molecule has 15 heteroatoms. The van der Waals surface area contributed by atoms with Gasteiger partial charge in [-0.2, -0.15) is 8.42 Å². The number of hydrogen-bond donors (Lipinski definition) is 2. The highest BCUT2D eigenvalue weighted by Crippen LogP contribution is 2.93. The van der Waals surface area contributed by atoms with Crippen LogP contribution in [0.5, 0.6) is 5.88 Å². The van der Waals surface area contributed by atoms with E-state index in [1.165, 1.54) is 60.7 Å². The number of nitrogens with one attached hydrogen (secondary N) is 2. The van der Waals surface area contributed by atoms with Crippen LogP contribution in [0.2, 0.25) is 5.15 Å². The molecule has 4 heterocycles. The molecule has 0 unspecified atom stereocenters. The maximum absolute atomic E-state index is 13.2. The van der Waals surface area contributed by atoms with Gasteiger partial charge in [0.15, 0.2) is 10.8 Å². The first kappa shape index (κ1) is 29.5. The quantitative estimate of drug-likeness (QED) is 0.143. The van der Waals surface area contributed by atoms with Crippen LogP contribution in [-0.4, -0.2) is 75.9 Å². The van der Waals surface area contributed by atoms with E-state index < -0.39 is 57.8 Å². The zero-order chi connectivity index (χ0) is 42.1. The number of carbonyl (C=O) groups excluding carboxylic acids is 2. The number of sulfonamides is 1. The molecule has 3 aromatic rings. The SMILES string of the molecule is [2H]C([2H])([2H])C1(C([2H])([2H])[2H])C[C@H](CCCNc2cccc(S(=O)(=O)NC(=O)c3ccc(-n4ccc(OCCC5C6(CC6)C56CC6)n4)nc3Cl)n2)CN1C(=O)OC(C)(C)C. The van der Waals surface area contributed by atoms with Crippen LogP contribution in [0, 0.1) is 22.7 Å². The molecule has 280 valence electrons. The summed E-state index contributed by atoms with van der Waals surface area (Å²) in [6.45, 7) is -0.500. The van der Waals surface area contributed by atoms with Crippen molar-refractivity contribution in [1.82, 2.24) is 29.4 Å². The summed E-state index contributed by atoms with van der Waals surface area (Å²) in [7, 11) is -4.46. The summed E-state index contributed by atoms with van der Waals surface area (Å²) >= 11 is 6.35. The Morgan fingerprint density at radius 2 is 1.81 bits per heavy atom. The van der Waals surface area contributed by atoms with Gasteiger partial charge in [0, 0.05) is 39.1 Å². The Morgan fingerprint density at radius 1 is 1.06 bits per heavy atom. The molecular formula is C37H48ClN7O6S. The molecule has 52 heavy (non-hydrogen) atoms. The number of nitrogens with zero attached hydrogens (tertiary/aromatic N) is 5. The number of hydrogen-bond acceptors (Lipinski definition) is 10. The predicted molar refractivity (Wildman–Crippen MR) is 195 cm³/mol. The third-order valence-corrected chi connectivity index (χ3v) is 12.3. The van der Waals surface area contributed by atoms with E-state index in [1.807, 2.05) is 4.72 Å². The zero-order valence-electron chi connectivity index (χ0n) is 35.4. The topological polar surface area (TPSA) is 158 Å². The molecule has 1 saturated heterocycles. The molecule has 0 bridgehead atoms. The summed E-state index contributed by atoms with van der Waals surface area (Å²) in [6.07, 6.45) is 7.55. The van der Waals surface area contributed by atoms with Crippen molar-refractivity contribution < 1.29 is 35.7 Å². The molecule has 7 rings (SSSR count). The van der Waals surface area contributed by atoms with E-state index in [0.717, 1.165) is 17.2 Å². The number of pyridine rings is 2. The van der Waals surface area contributed by atoms with E-state index in [-0.39, 0.29) is 36.0 Å². The summed E-state index contributed by atoms with van der Waals surface area (Å²) in [5, 5.41) is 6.74. The second-order valence-electron chi connectivity index (χ2n) is 15.5. The Hall–Kier alpha value is -3.91. The molecule has 2 amide bonds. The predicted octanol–water partition coefficient (Wildman–Crippen LogP) is 6.62. The minimum atomic E-state index is -4.46. The summed E-state index contributed by atoms with van der Waals surface area (Å²) in [5.41, 5.74) is -2.35. The lowest BCUT2D eigenvalue weighted by Gasteiger charge is -2.33. The number of fused-ring (bicyclic) bond motifs is 1. The van der Waals surface area contributed by atoms with E-state index in [4.69, 9.17) is 29.3 Å². The lowest BCUT2D eigenvalue weighted by atomic mass is 9.93. The van der Waals surface area contributed by atoms with Crippen molar-refractivity contribution in [2.24, 2.45) is 22.7 Å². The van der Waals surface area contributed by atoms with Gasteiger partial charge in [0.25, 0.3) is 15.9 Å². The smallest absolute Gasteiger partial charge is 0.410 e. The highest BCUT2D eigenvalue weighted by Gasteiger charge is 2.85. The molecule has 1 atom stereocenters. The fraction of sp³-hybridized carbons (Fsp3) is 0.595. The van der Waals surface area contributed by atoms with Gasteiger partial charge in [0.2, 0.25) is 5.88 Å². The highest BCUT2D eigenvalue weighted by molar-refractivity contribution is 7.90. The molecule has 1 aliphatic heterocycles. The summed E-state index contributed by atoms with van der Waals surface area (Å²) < 4.78 is 90.3. The molecule has 2 N–H and O–H groups in total. The highest BCUT2D eigenvalue weighted by atomic mass is 35.5.